The van der Waals surface area contributed by atoms with Gasteiger partial charge < -0.3 is 4.57 Å². The van der Waals surface area contributed by atoms with E-state index in [2.05, 4.69) is 27.4 Å². The van der Waals surface area contributed by atoms with E-state index in [1.54, 1.807) is 0 Å². The van der Waals surface area contributed by atoms with Gasteiger partial charge >= 0.3 is 0 Å². The molecule has 0 fully saturated rings. The van der Waals surface area contributed by atoms with Gasteiger partial charge in [-0.15, -0.1) is 0 Å². The lowest BCUT2D eigenvalue weighted by molar-refractivity contribution is 0.180. The fraction of sp³-hybridized carbons (Fsp3) is 0.600. The van der Waals surface area contributed by atoms with Crippen LogP contribution in [-0.2, 0) is 13.1 Å². The molecule has 0 bridgehead atoms. The van der Waals surface area contributed by atoms with E-state index >= 15 is 0 Å². The predicted molar refractivity (Wildman–Crippen MR) is 52.3 cm³/mol. The van der Waals surface area contributed by atoms with Gasteiger partial charge in [-0.2, -0.15) is 5.26 Å². The molecule has 4 heteroatoms. The average Bonchev–Trinajstić information content (AvgIpc) is 2.66. The topological polar surface area (TPSA) is 44.9 Å². The maximum absolute atomic E-state index is 8.96. The van der Waals surface area contributed by atoms with Crippen molar-refractivity contribution < 1.29 is 0 Å². The minimum atomic E-state index is 0.0421. The average molecular weight is 190 g/mol. The third-order valence-electron chi connectivity index (χ3n) is 2.75. The number of imidazole rings is 1. The minimum Gasteiger partial charge on any atom is -0.333 e. The molecule has 1 atom stereocenters. The Kier molecular flexibility index (Phi) is 2.51. The molecular weight excluding hydrogens is 176 g/mol. The fourth-order valence-electron chi connectivity index (χ4n) is 1.89. The van der Waals surface area contributed by atoms with Crippen LogP contribution in [0.5, 0.6) is 0 Å². The molecule has 1 aliphatic heterocycles. The standard InChI is InChI=1S/C10H14N4/c1-2-9(7-11)14-6-5-13-4-3-12-10(13)8-14/h3-4,9H,2,5-6,8H2,1H3/t9-/m0/s1. The maximum Gasteiger partial charge on any atom is 0.122 e. The van der Waals surface area contributed by atoms with Gasteiger partial charge in [0.25, 0.3) is 0 Å². The van der Waals surface area contributed by atoms with Gasteiger partial charge in [0, 0.05) is 25.5 Å². The van der Waals surface area contributed by atoms with Crippen LogP contribution < -0.4 is 0 Å². The minimum absolute atomic E-state index is 0.0421. The molecule has 1 aliphatic rings. The fourth-order valence-corrected chi connectivity index (χ4v) is 1.89. The molecule has 0 aromatic carbocycles. The second kappa shape index (κ2) is 3.81. The Labute approximate surface area is 83.8 Å². The lowest BCUT2D eigenvalue weighted by atomic mass is 10.2. The summed E-state index contributed by atoms with van der Waals surface area (Å²) in [6.45, 7) is 4.76. The number of nitrogens with zero attached hydrogens (tertiary/aromatic N) is 4. The second-order valence-corrected chi connectivity index (χ2v) is 3.56. The maximum atomic E-state index is 8.96. The van der Waals surface area contributed by atoms with Crippen LogP contribution in [0.3, 0.4) is 0 Å². The van der Waals surface area contributed by atoms with Gasteiger partial charge in [0.2, 0.25) is 0 Å². The van der Waals surface area contributed by atoms with Gasteiger partial charge in [-0.3, -0.25) is 4.90 Å². The summed E-state index contributed by atoms with van der Waals surface area (Å²) in [4.78, 5) is 6.47. The van der Waals surface area contributed by atoms with Crippen LogP contribution in [0, 0.1) is 11.3 Å². The molecule has 4 nitrogen and oxygen atoms in total. The zero-order chi connectivity index (χ0) is 9.97. The molecule has 14 heavy (non-hydrogen) atoms. The molecule has 0 aliphatic carbocycles. The van der Waals surface area contributed by atoms with Crippen molar-refractivity contribution in [3.05, 3.63) is 18.2 Å². The van der Waals surface area contributed by atoms with Gasteiger partial charge in [-0.05, 0) is 6.42 Å². The highest BCUT2D eigenvalue weighted by Gasteiger charge is 2.22. The van der Waals surface area contributed by atoms with Crippen LogP contribution in [0.1, 0.15) is 19.2 Å². The van der Waals surface area contributed by atoms with Crippen molar-refractivity contribution in [3.63, 3.8) is 0 Å². The molecule has 0 saturated heterocycles. The first-order valence-electron chi connectivity index (χ1n) is 4.99. The summed E-state index contributed by atoms with van der Waals surface area (Å²) in [7, 11) is 0. The normalized spacial score (nSPS) is 18.6. The number of nitriles is 1. The van der Waals surface area contributed by atoms with Gasteiger partial charge in [-0.25, -0.2) is 4.98 Å². The summed E-state index contributed by atoms with van der Waals surface area (Å²) in [5.74, 6) is 1.07. The van der Waals surface area contributed by atoms with Crippen molar-refractivity contribution in [2.75, 3.05) is 6.54 Å². The van der Waals surface area contributed by atoms with E-state index in [-0.39, 0.29) is 6.04 Å². The molecule has 2 heterocycles. The number of aromatic nitrogens is 2. The Hall–Kier alpha value is -1.34. The zero-order valence-electron chi connectivity index (χ0n) is 8.35. The van der Waals surface area contributed by atoms with Crippen molar-refractivity contribution in [1.82, 2.24) is 14.5 Å². The summed E-state index contributed by atoms with van der Waals surface area (Å²) >= 11 is 0. The Balaban J connectivity index is 2.11. The van der Waals surface area contributed by atoms with E-state index in [0.29, 0.717) is 0 Å². The van der Waals surface area contributed by atoms with Crippen LogP contribution in [0.15, 0.2) is 12.4 Å². The Morgan fingerprint density at radius 3 is 3.21 bits per heavy atom. The second-order valence-electron chi connectivity index (χ2n) is 3.56. The van der Waals surface area contributed by atoms with Crippen LogP contribution >= 0.6 is 0 Å². The third kappa shape index (κ3) is 1.51. The SMILES string of the molecule is CC[C@@H](C#N)N1CCn2ccnc2C1. The molecule has 2 rings (SSSR count). The number of hydrogen-bond donors (Lipinski definition) is 0. The summed E-state index contributed by atoms with van der Waals surface area (Å²) in [6.07, 6.45) is 4.71. The molecule has 0 amide bonds. The molecule has 0 N–H and O–H groups in total. The Bertz CT molecular complexity index is 349. The largest absolute Gasteiger partial charge is 0.333 e. The van der Waals surface area contributed by atoms with E-state index in [4.69, 9.17) is 5.26 Å². The zero-order valence-corrected chi connectivity index (χ0v) is 8.35. The molecular formula is C10H14N4. The van der Waals surface area contributed by atoms with E-state index in [1.807, 2.05) is 12.4 Å². The molecule has 0 radical (unpaired) electrons. The van der Waals surface area contributed by atoms with Crippen molar-refractivity contribution in [1.29, 1.82) is 5.26 Å². The van der Waals surface area contributed by atoms with E-state index in [9.17, 15) is 0 Å². The number of rotatable bonds is 2. The summed E-state index contributed by atoms with van der Waals surface area (Å²) in [6, 6.07) is 2.38. The van der Waals surface area contributed by atoms with Crippen molar-refractivity contribution >= 4 is 0 Å². The quantitative estimate of drug-likeness (QED) is 0.699. The summed E-state index contributed by atoms with van der Waals surface area (Å²) in [5.41, 5.74) is 0. The predicted octanol–water partition coefficient (Wildman–Crippen LogP) is 1.00. The molecule has 0 saturated carbocycles. The Morgan fingerprint density at radius 1 is 1.64 bits per heavy atom. The first kappa shape index (κ1) is 9.22. The van der Waals surface area contributed by atoms with E-state index < -0.39 is 0 Å². The highest BCUT2D eigenvalue weighted by atomic mass is 15.2. The molecule has 1 aromatic rings. The van der Waals surface area contributed by atoms with Crippen LogP contribution in [-0.4, -0.2) is 27.0 Å². The molecule has 0 unspecified atom stereocenters. The third-order valence-corrected chi connectivity index (χ3v) is 2.75. The van der Waals surface area contributed by atoms with Gasteiger partial charge in [0.05, 0.1) is 18.7 Å². The van der Waals surface area contributed by atoms with E-state index in [0.717, 1.165) is 31.9 Å². The summed E-state index contributed by atoms with van der Waals surface area (Å²) in [5, 5.41) is 8.96. The lowest BCUT2D eigenvalue weighted by Crippen LogP contribution is -2.40. The molecule has 1 aromatic heterocycles. The first-order chi connectivity index (χ1) is 6.85. The number of hydrogen-bond acceptors (Lipinski definition) is 3. The highest BCUT2D eigenvalue weighted by molar-refractivity contribution is 5.00. The van der Waals surface area contributed by atoms with Crippen molar-refractivity contribution in [2.24, 2.45) is 0 Å². The van der Waals surface area contributed by atoms with Gasteiger partial charge in [0.1, 0.15) is 5.82 Å². The van der Waals surface area contributed by atoms with Gasteiger partial charge in [0.15, 0.2) is 0 Å². The van der Waals surface area contributed by atoms with Crippen molar-refractivity contribution in [3.8, 4) is 6.07 Å². The summed E-state index contributed by atoms with van der Waals surface area (Å²) < 4.78 is 2.15. The smallest absolute Gasteiger partial charge is 0.122 e. The first-order valence-corrected chi connectivity index (χ1v) is 4.99. The number of fused-ring (bicyclic) bond motifs is 1. The van der Waals surface area contributed by atoms with Crippen LogP contribution in [0.25, 0.3) is 0 Å². The van der Waals surface area contributed by atoms with Crippen molar-refractivity contribution in [2.45, 2.75) is 32.5 Å². The molecule has 74 valence electrons. The highest BCUT2D eigenvalue weighted by Crippen LogP contribution is 2.14. The Morgan fingerprint density at radius 2 is 2.50 bits per heavy atom. The van der Waals surface area contributed by atoms with E-state index in [1.165, 1.54) is 0 Å². The van der Waals surface area contributed by atoms with Gasteiger partial charge in [-0.1, -0.05) is 6.92 Å². The van der Waals surface area contributed by atoms with Crippen LogP contribution in [0.2, 0.25) is 0 Å². The monoisotopic (exact) mass is 190 g/mol. The van der Waals surface area contributed by atoms with Crippen LogP contribution in [0.4, 0.5) is 0 Å². The lowest BCUT2D eigenvalue weighted by Gasteiger charge is -2.30. The molecule has 0 spiro atoms.